The fraction of sp³-hybridized carbons (Fsp3) is 0.833. The van der Waals surface area contributed by atoms with Crippen molar-refractivity contribution in [2.45, 2.75) is 12.5 Å². The molecule has 3 heteroatoms. The third-order valence-corrected chi connectivity index (χ3v) is 1.66. The molecule has 1 aliphatic heterocycles. The maximum absolute atomic E-state index is 10.9. The van der Waals surface area contributed by atoms with E-state index in [0.717, 1.165) is 13.0 Å². The molecule has 1 amide bonds. The van der Waals surface area contributed by atoms with Crippen molar-refractivity contribution in [3.8, 4) is 0 Å². The lowest BCUT2D eigenvalue weighted by Gasteiger charge is -2.07. The van der Waals surface area contributed by atoms with Gasteiger partial charge in [-0.1, -0.05) is 0 Å². The number of carbonyl (C=O) groups is 1. The van der Waals surface area contributed by atoms with Crippen LogP contribution in [-0.2, 0) is 9.53 Å². The Morgan fingerprint density at radius 1 is 1.78 bits per heavy atom. The summed E-state index contributed by atoms with van der Waals surface area (Å²) in [6, 6.07) is 0. The summed E-state index contributed by atoms with van der Waals surface area (Å²) in [6.45, 7) is 0.831. The number of methoxy groups -OCH3 is 1. The van der Waals surface area contributed by atoms with Crippen LogP contribution in [0, 0.1) is 0 Å². The van der Waals surface area contributed by atoms with Gasteiger partial charge in [0.25, 0.3) is 5.91 Å². The van der Waals surface area contributed by atoms with Crippen molar-refractivity contribution in [2.24, 2.45) is 0 Å². The number of rotatable bonds is 1. The highest BCUT2D eigenvalue weighted by atomic mass is 16.5. The molecule has 1 saturated heterocycles. The van der Waals surface area contributed by atoms with E-state index in [0.29, 0.717) is 0 Å². The molecule has 0 aromatic heterocycles. The van der Waals surface area contributed by atoms with Crippen LogP contribution in [0.4, 0.5) is 0 Å². The summed E-state index contributed by atoms with van der Waals surface area (Å²) in [5, 5.41) is 0. The van der Waals surface area contributed by atoms with Gasteiger partial charge in [0, 0.05) is 27.1 Å². The molecular formula is C6H11NO2. The van der Waals surface area contributed by atoms with Gasteiger partial charge in [0.2, 0.25) is 0 Å². The monoisotopic (exact) mass is 129 g/mol. The lowest BCUT2D eigenvalue weighted by molar-refractivity contribution is -0.134. The molecule has 1 fully saturated rings. The highest BCUT2D eigenvalue weighted by Crippen LogP contribution is 2.10. The summed E-state index contributed by atoms with van der Waals surface area (Å²) in [5.41, 5.74) is 0. The van der Waals surface area contributed by atoms with Gasteiger partial charge in [0.05, 0.1) is 0 Å². The zero-order valence-corrected chi connectivity index (χ0v) is 5.76. The van der Waals surface area contributed by atoms with E-state index >= 15 is 0 Å². The number of hydrogen-bond acceptors (Lipinski definition) is 2. The van der Waals surface area contributed by atoms with E-state index in [1.54, 1.807) is 19.1 Å². The van der Waals surface area contributed by atoms with Crippen molar-refractivity contribution >= 4 is 5.91 Å². The molecule has 1 heterocycles. The van der Waals surface area contributed by atoms with Crippen molar-refractivity contribution in [2.75, 3.05) is 20.7 Å². The summed E-state index contributed by atoms with van der Waals surface area (Å²) in [4.78, 5) is 12.6. The van der Waals surface area contributed by atoms with Gasteiger partial charge in [-0.25, -0.2) is 0 Å². The predicted molar refractivity (Wildman–Crippen MR) is 33.1 cm³/mol. The Bertz CT molecular complexity index is 124. The fourth-order valence-corrected chi connectivity index (χ4v) is 1.01. The first-order chi connectivity index (χ1) is 4.25. The lowest BCUT2D eigenvalue weighted by atomic mass is 10.3. The molecule has 0 bridgehead atoms. The van der Waals surface area contributed by atoms with Gasteiger partial charge in [0.1, 0.15) is 6.10 Å². The first kappa shape index (κ1) is 6.55. The molecule has 0 radical (unpaired) electrons. The van der Waals surface area contributed by atoms with Gasteiger partial charge in [-0.3, -0.25) is 4.79 Å². The molecule has 3 nitrogen and oxygen atoms in total. The zero-order chi connectivity index (χ0) is 6.85. The summed E-state index contributed by atoms with van der Waals surface area (Å²) >= 11 is 0. The normalized spacial score (nSPS) is 27.6. The molecule has 0 aliphatic carbocycles. The van der Waals surface area contributed by atoms with Gasteiger partial charge in [-0.2, -0.15) is 0 Å². The third kappa shape index (κ3) is 1.05. The first-order valence-electron chi connectivity index (χ1n) is 3.03. The largest absolute Gasteiger partial charge is 0.372 e. The molecule has 0 unspecified atom stereocenters. The molecule has 1 aliphatic rings. The van der Waals surface area contributed by atoms with Crippen molar-refractivity contribution in [1.29, 1.82) is 0 Å². The molecule has 0 N–H and O–H groups in total. The Morgan fingerprint density at radius 3 is 2.67 bits per heavy atom. The highest BCUT2D eigenvalue weighted by molar-refractivity contribution is 5.82. The molecule has 0 aromatic carbocycles. The smallest absolute Gasteiger partial charge is 0.251 e. The van der Waals surface area contributed by atoms with Gasteiger partial charge in [0.15, 0.2) is 0 Å². The Hall–Kier alpha value is -0.570. The van der Waals surface area contributed by atoms with Crippen molar-refractivity contribution < 1.29 is 9.53 Å². The number of nitrogens with zero attached hydrogens (tertiary/aromatic N) is 1. The van der Waals surface area contributed by atoms with Gasteiger partial charge in [-0.05, 0) is 0 Å². The summed E-state index contributed by atoms with van der Waals surface area (Å²) in [5.74, 6) is 0.109. The van der Waals surface area contributed by atoms with Crippen LogP contribution in [0.25, 0.3) is 0 Å². The van der Waals surface area contributed by atoms with Crippen LogP contribution in [0.2, 0.25) is 0 Å². The molecule has 0 saturated carbocycles. The van der Waals surface area contributed by atoms with Crippen LogP contribution < -0.4 is 0 Å². The summed E-state index contributed by atoms with van der Waals surface area (Å²) in [7, 11) is 3.36. The van der Waals surface area contributed by atoms with Crippen molar-refractivity contribution in [3.05, 3.63) is 0 Å². The van der Waals surface area contributed by atoms with Crippen LogP contribution >= 0.6 is 0 Å². The van der Waals surface area contributed by atoms with Gasteiger partial charge < -0.3 is 9.64 Å². The Morgan fingerprint density at radius 2 is 2.44 bits per heavy atom. The SMILES string of the molecule is CO[C@H]1CCN(C)C1=O. The third-order valence-electron chi connectivity index (χ3n) is 1.66. The number of amides is 1. The molecule has 0 aromatic rings. The Labute approximate surface area is 54.6 Å². The molecule has 0 spiro atoms. The van der Waals surface area contributed by atoms with Crippen molar-refractivity contribution in [3.63, 3.8) is 0 Å². The summed E-state index contributed by atoms with van der Waals surface area (Å²) < 4.78 is 4.90. The highest BCUT2D eigenvalue weighted by Gasteiger charge is 2.28. The van der Waals surface area contributed by atoms with Crippen LogP contribution in [-0.4, -0.2) is 37.6 Å². The summed E-state index contributed by atoms with van der Waals surface area (Å²) in [6.07, 6.45) is 0.668. The maximum Gasteiger partial charge on any atom is 0.251 e. The number of hydrogen-bond donors (Lipinski definition) is 0. The van der Waals surface area contributed by atoms with Gasteiger partial charge >= 0.3 is 0 Å². The standard InChI is InChI=1S/C6H11NO2/c1-7-4-3-5(9-2)6(7)8/h5H,3-4H2,1-2H3/t5-/m0/s1. The van der Waals surface area contributed by atoms with E-state index in [2.05, 4.69) is 0 Å². The number of likely N-dealkylation sites (N-methyl/N-ethyl adjacent to an activating group) is 1. The van der Waals surface area contributed by atoms with E-state index in [1.807, 2.05) is 0 Å². The number of ether oxygens (including phenoxy) is 1. The maximum atomic E-state index is 10.9. The second-order valence-electron chi connectivity index (χ2n) is 2.27. The van der Waals surface area contributed by atoms with E-state index < -0.39 is 0 Å². The zero-order valence-electron chi connectivity index (χ0n) is 5.76. The average molecular weight is 129 g/mol. The number of likely N-dealkylation sites (tertiary alicyclic amines) is 1. The second-order valence-corrected chi connectivity index (χ2v) is 2.27. The van der Waals surface area contributed by atoms with E-state index in [4.69, 9.17) is 4.74 Å². The van der Waals surface area contributed by atoms with Crippen LogP contribution in [0.1, 0.15) is 6.42 Å². The van der Waals surface area contributed by atoms with Gasteiger partial charge in [-0.15, -0.1) is 0 Å². The van der Waals surface area contributed by atoms with Crippen LogP contribution in [0.3, 0.4) is 0 Å². The predicted octanol–water partition coefficient (Wildman–Crippen LogP) is -0.137. The minimum Gasteiger partial charge on any atom is -0.372 e. The molecule has 1 atom stereocenters. The lowest BCUT2D eigenvalue weighted by Crippen LogP contribution is -2.26. The minimum absolute atomic E-state index is 0.109. The minimum atomic E-state index is -0.171. The van der Waals surface area contributed by atoms with E-state index in [9.17, 15) is 4.79 Å². The second kappa shape index (κ2) is 2.35. The number of carbonyl (C=O) groups excluding carboxylic acids is 1. The average Bonchev–Trinajstić information content (AvgIpc) is 2.15. The first-order valence-corrected chi connectivity index (χ1v) is 3.03. The quantitative estimate of drug-likeness (QED) is 0.493. The Kier molecular flexibility index (Phi) is 1.71. The topological polar surface area (TPSA) is 29.5 Å². The molecule has 52 valence electrons. The van der Waals surface area contributed by atoms with Crippen LogP contribution in [0.5, 0.6) is 0 Å². The Balaban J connectivity index is 2.51. The molecule has 9 heavy (non-hydrogen) atoms. The van der Waals surface area contributed by atoms with E-state index in [1.165, 1.54) is 0 Å². The van der Waals surface area contributed by atoms with E-state index in [-0.39, 0.29) is 12.0 Å². The van der Waals surface area contributed by atoms with Crippen molar-refractivity contribution in [1.82, 2.24) is 4.90 Å². The fourth-order valence-electron chi connectivity index (χ4n) is 1.01. The molecule has 1 rings (SSSR count). The van der Waals surface area contributed by atoms with Crippen LogP contribution in [0.15, 0.2) is 0 Å². The molecular weight excluding hydrogens is 118 g/mol.